The minimum atomic E-state index is -0.900. The lowest BCUT2D eigenvalue weighted by Gasteiger charge is -2.13. The zero-order valence-corrected chi connectivity index (χ0v) is 14.0. The van der Waals surface area contributed by atoms with E-state index < -0.39 is 12.1 Å². The van der Waals surface area contributed by atoms with Gasteiger partial charge >= 0.3 is 5.97 Å². The average Bonchev–Trinajstić information content (AvgIpc) is 3.06. The molecule has 0 radical (unpaired) electrons. The molecule has 0 aliphatic heterocycles. The number of carbonyl (C=O) groups is 2. The van der Waals surface area contributed by atoms with Gasteiger partial charge in [0, 0.05) is 11.8 Å². The van der Waals surface area contributed by atoms with Gasteiger partial charge < -0.3 is 14.5 Å². The molecule has 0 aliphatic carbocycles. The van der Waals surface area contributed by atoms with Crippen molar-refractivity contribution in [2.75, 3.05) is 5.32 Å². The summed E-state index contributed by atoms with van der Waals surface area (Å²) in [6.45, 7) is 5.73. The Balaban J connectivity index is 1.86. The monoisotopic (exact) mass is 327 g/mol. The summed E-state index contributed by atoms with van der Waals surface area (Å²) in [5, 5.41) is 2.72. The van der Waals surface area contributed by atoms with E-state index in [0.717, 1.165) is 0 Å². The fraction of sp³-hybridized carbons (Fsp3) is 0.263. The summed E-state index contributed by atoms with van der Waals surface area (Å²) in [7, 11) is 0. The Morgan fingerprint density at radius 1 is 1.12 bits per heavy atom. The lowest BCUT2D eigenvalue weighted by molar-refractivity contribution is -0.148. The molecule has 5 heteroatoms. The first kappa shape index (κ1) is 17.5. The summed E-state index contributed by atoms with van der Waals surface area (Å²) < 4.78 is 10.1. The third kappa shape index (κ3) is 5.12. The van der Waals surface area contributed by atoms with Crippen molar-refractivity contribution < 1.29 is 18.7 Å². The molecule has 126 valence electrons. The second-order valence-electron chi connectivity index (χ2n) is 5.69. The molecule has 2 aromatic rings. The number of carbonyl (C=O) groups excluding carboxylic acids is 2. The smallest absolute Gasteiger partial charge is 0.331 e. The summed E-state index contributed by atoms with van der Waals surface area (Å²) in [4.78, 5) is 23.8. The van der Waals surface area contributed by atoms with E-state index in [1.54, 1.807) is 12.1 Å². The Morgan fingerprint density at radius 3 is 2.42 bits per heavy atom. The minimum absolute atomic E-state index is 0.382. The van der Waals surface area contributed by atoms with Gasteiger partial charge in [0.05, 0.1) is 6.26 Å². The number of amides is 1. The highest BCUT2D eigenvalue weighted by Gasteiger charge is 2.16. The molecule has 1 aromatic heterocycles. The molecule has 0 fully saturated rings. The highest BCUT2D eigenvalue weighted by Crippen LogP contribution is 2.17. The Labute approximate surface area is 141 Å². The Kier molecular flexibility index (Phi) is 5.95. The molecular weight excluding hydrogens is 306 g/mol. The second kappa shape index (κ2) is 8.15. The summed E-state index contributed by atoms with van der Waals surface area (Å²) in [5.74, 6) is -0.0267. The fourth-order valence-corrected chi connectivity index (χ4v) is 2.00. The van der Waals surface area contributed by atoms with Crippen LogP contribution in [0.1, 0.15) is 38.0 Å². The van der Waals surface area contributed by atoms with Crippen LogP contribution < -0.4 is 5.32 Å². The van der Waals surface area contributed by atoms with Gasteiger partial charge in [0.1, 0.15) is 5.76 Å². The first-order valence-electron chi connectivity index (χ1n) is 7.78. The van der Waals surface area contributed by atoms with Crippen molar-refractivity contribution in [2.45, 2.75) is 32.8 Å². The predicted molar refractivity (Wildman–Crippen MR) is 92.5 cm³/mol. The van der Waals surface area contributed by atoms with Crippen LogP contribution in [0.2, 0.25) is 0 Å². The quantitative estimate of drug-likeness (QED) is 0.643. The molecule has 2 rings (SSSR count). The first-order chi connectivity index (χ1) is 11.5. The molecule has 1 atom stereocenters. The maximum absolute atomic E-state index is 12.1. The Bertz CT molecular complexity index is 699. The van der Waals surface area contributed by atoms with E-state index in [1.165, 1.54) is 30.9 Å². The van der Waals surface area contributed by atoms with Gasteiger partial charge in [-0.3, -0.25) is 4.79 Å². The largest absolute Gasteiger partial charge is 0.465 e. The topological polar surface area (TPSA) is 68.5 Å². The number of furan rings is 1. The highest BCUT2D eigenvalue weighted by atomic mass is 16.5. The second-order valence-corrected chi connectivity index (χ2v) is 5.69. The summed E-state index contributed by atoms with van der Waals surface area (Å²) >= 11 is 0. The zero-order chi connectivity index (χ0) is 17.5. The van der Waals surface area contributed by atoms with Crippen molar-refractivity contribution in [1.82, 2.24) is 0 Å². The van der Waals surface area contributed by atoms with Gasteiger partial charge in [-0.2, -0.15) is 0 Å². The van der Waals surface area contributed by atoms with Gasteiger partial charge in [-0.05, 0) is 48.7 Å². The predicted octanol–water partition coefficient (Wildman–Crippen LogP) is 3.99. The van der Waals surface area contributed by atoms with E-state index in [-0.39, 0.29) is 5.91 Å². The van der Waals surface area contributed by atoms with E-state index in [1.807, 2.05) is 24.3 Å². The van der Waals surface area contributed by atoms with Gasteiger partial charge in [-0.15, -0.1) is 0 Å². The molecule has 1 N–H and O–H groups in total. The van der Waals surface area contributed by atoms with Gasteiger partial charge in [-0.1, -0.05) is 26.0 Å². The molecule has 1 aromatic carbocycles. The van der Waals surface area contributed by atoms with Crippen LogP contribution in [0.3, 0.4) is 0 Å². The summed E-state index contributed by atoms with van der Waals surface area (Å²) in [6, 6.07) is 11.0. The number of anilines is 1. The lowest BCUT2D eigenvalue weighted by Crippen LogP contribution is -2.29. The van der Waals surface area contributed by atoms with Crippen molar-refractivity contribution in [3.05, 3.63) is 60.1 Å². The van der Waals surface area contributed by atoms with Crippen LogP contribution in [0.5, 0.6) is 0 Å². The normalized spacial score (nSPS) is 12.3. The Morgan fingerprint density at radius 2 is 1.83 bits per heavy atom. The molecule has 0 saturated carbocycles. The van der Waals surface area contributed by atoms with Crippen LogP contribution in [0.4, 0.5) is 5.69 Å². The molecule has 1 amide bonds. The van der Waals surface area contributed by atoms with Gasteiger partial charge in [0.15, 0.2) is 6.10 Å². The molecule has 0 saturated heterocycles. The van der Waals surface area contributed by atoms with Crippen LogP contribution in [0.25, 0.3) is 6.08 Å². The summed E-state index contributed by atoms with van der Waals surface area (Å²) in [6.07, 6.45) is 3.31. The Hall–Kier alpha value is -2.82. The maximum atomic E-state index is 12.1. The van der Waals surface area contributed by atoms with Crippen molar-refractivity contribution in [3.63, 3.8) is 0 Å². The van der Waals surface area contributed by atoms with Crippen LogP contribution in [-0.4, -0.2) is 18.0 Å². The maximum Gasteiger partial charge on any atom is 0.331 e. The van der Waals surface area contributed by atoms with Crippen LogP contribution in [0.15, 0.2) is 53.2 Å². The van der Waals surface area contributed by atoms with Crippen LogP contribution in [-0.2, 0) is 14.3 Å². The van der Waals surface area contributed by atoms with E-state index >= 15 is 0 Å². The highest BCUT2D eigenvalue weighted by molar-refractivity contribution is 5.96. The average molecular weight is 327 g/mol. The van der Waals surface area contributed by atoms with Crippen molar-refractivity contribution in [1.29, 1.82) is 0 Å². The standard InChI is InChI=1S/C19H21NO4/c1-13(2)15-6-8-16(9-7-15)20-19(22)14(3)24-18(21)11-10-17-5-4-12-23-17/h4-14H,1-3H3,(H,20,22)/b11-10+/t14-/m0/s1. The van der Waals surface area contributed by atoms with Crippen molar-refractivity contribution >= 4 is 23.6 Å². The van der Waals surface area contributed by atoms with Crippen molar-refractivity contribution in [2.24, 2.45) is 0 Å². The van der Waals surface area contributed by atoms with Crippen molar-refractivity contribution in [3.8, 4) is 0 Å². The van der Waals surface area contributed by atoms with E-state index in [2.05, 4.69) is 19.2 Å². The van der Waals surface area contributed by atoms with Crippen LogP contribution >= 0.6 is 0 Å². The molecular formula is C19H21NO4. The molecule has 0 spiro atoms. The van der Waals surface area contributed by atoms with Gasteiger partial charge in [-0.25, -0.2) is 4.79 Å². The number of hydrogen-bond acceptors (Lipinski definition) is 4. The fourth-order valence-electron chi connectivity index (χ4n) is 2.00. The number of ether oxygens (including phenoxy) is 1. The molecule has 0 unspecified atom stereocenters. The van der Waals surface area contributed by atoms with E-state index in [0.29, 0.717) is 17.4 Å². The first-order valence-corrected chi connectivity index (χ1v) is 7.78. The van der Waals surface area contributed by atoms with Gasteiger partial charge in [0.2, 0.25) is 0 Å². The SMILES string of the molecule is CC(C)c1ccc(NC(=O)[C@H](C)OC(=O)/C=C/c2ccco2)cc1. The molecule has 0 aliphatic rings. The number of benzene rings is 1. The van der Waals surface area contributed by atoms with E-state index in [4.69, 9.17) is 9.15 Å². The molecule has 0 bridgehead atoms. The summed E-state index contributed by atoms with van der Waals surface area (Å²) in [5.41, 5.74) is 1.86. The number of esters is 1. The van der Waals surface area contributed by atoms with Crippen LogP contribution in [0, 0.1) is 0 Å². The lowest BCUT2D eigenvalue weighted by atomic mass is 10.0. The third-order valence-electron chi connectivity index (χ3n) is 3.43. The van der Waals surface area contributed by atoms with E-state index in [9.17, 15) is 9.59 Å². The molecule has 24 heavy (non-hydrogen) atoms. The minimum Gasteiger partial charge on any atom is -0.465 e. The zero-order valence-electron chi connectivity index (χ0n) is 14.0. The van der Waals surface area contributed by atoms with Gasteiger partial charge in [0.25, 0.3) is 5.91 Å². The number of hydrogen-bond donors (Lipinski definition) is 1. The molecule has 5 nitrogen and oxygen atoms in total. The number of nitrogens with one attached hydrogen (secondary N) is 1. The number of rotatable bonds is 6. The third-order valence-corrected chi connectivity index (χ3v) is 3.43. The molecule has 1 heterocycles.